The minimum absolute atomic E-state index is 0.0355. The third kappa shape index (κ3) is 4.28. The molecule has 0 unspecified atom stereocenters. The molecule has 2 N–H and O–H groups in total. The molecule has 3 rings (SSSR count). The molecule has 7 nitrogen and oxygen atoms in total. The van der Waals surface area contributed by atoms with E-state index in [0.717, 1.165) is 25.9 Å². The van der Waals surface area contributed by atoms with Gasteiger partial charge in [0.15, 0.2) is 0 Å². The maximum Gasteiger partial charge on any atom is 0.261 e. The van der Waals surface area contributed by atoms with Crippen molar-refractivity contribution in [1.29, 1.82) is 0 Å². The Bertz CT molecular complexity index is 932. The van der Waals surface area contributed by atoms with Gasteiger partial charge in [-0.25, -0.2) is 8.42 Å². The Kier molecular flexibility index (Phi) is 5.46. The Morgan fingerprint density at radius 2 is 1.44 bits per heavy atom. The minimum atomic E-state index is -3.79. The van der Waals surface area contributed by atoms with E-state index in [1.54, 1.807) is 29.2 Å². The number of amides is 2. The number of nitrogens with zero attached hydrogens (tertiary/aromatic N) is 1. The van der Waals surface area contributed by atoms with Gasteiger partial charge in [0, 0.05) is 37.0 Å². The van der Waals surface area contributed by atoms with Gasteiger partial charge in [-0.3, -0.25) is 14.3 Å². The summed E-state index contributed by atoms with van der Waals surface area (Å²) < 4.78 is 27.5. The molecule has 0 bridgehead atoms. The predicted octanol–water partition coefficient (Wildman–Crippen LogP) is 2.08. The first-order valence-electron chi connectivity index (χ1n) is 8.65. The molecule has 1 aliphatic rings. The number of benzene rings is 2. The van der Waals surface area contributed by atoms with Gasteiger partial charge in [0.25, 0.3) is 21.8 Å². The molecule has 0 atom stereocenters. The lowest BCUT2D eigenvalue weighted by Crippen LogP contribution is -2.27. The number of hydrogen-bond donors (Lipinski definition) is 2. The molecule has 0 saturated carbocycles. The molecule has 1 heterocycles. The molecular formula is C19H21N3O4S. The molecule has 1 fully saturated rings. The Morgan fingerprint density at radius 1 is 0.889 bits per heavy atom. The van der Waals surface area contributed by atoms with Crippen molar-refractivity contribution in [2.45, 2.75) is 17.7 Å². The van der Waals surface area contributed by atoms with Crippen LogP contribution < -0.4 is 10.0 Å². The standard InChI is InChI=1S/C19H21N3O4S/c1-20-18(23)14-6-10-17(11-7-14)27(25,26)21-16-8-4-15(5-9-16)19(24)22-12-2-3-13-22/h4-11,21H,2-3,12-13H2,1H3,(H,20,23). The Balaban J connectivity index is 1.72. The summed E-state index contributed by atoms with van der Waals surface area (Å²) in [7, 11) is -2.28. The second-order valence-corrected chi connectivity index (χ2v) is 7.97. The zero-order valence-corrected chi connectivity index (χ0v) is 15.8. The lowest BCUT2D eigenvalue weighted by atomic mass is 10.2. The first-order chi connectivity index (χ1) is 12.9. The van der Waals surface area contributed by atoms with Crippen LogP contribution in [0.15, 0.2) is 53.4 Å². The van der Waals surface area contributed by atoms with Gasteiger partial charge < -0.3 is 10.2 Å². The monoisotopic (exact) mass is 387 g/mol. The number of anilines is 1. The van der Waals surface area contributed by atoms with Crippen LogP contribution in [-0.2, 0) is 10.0 Å². The van der Waals surface area contributed by atoms with Crippen molar-refractivity contribution in [3.8, 4) is 0 Å². The van der Waals surface area contributed by atoms with Crippen LogP contribution in [0, 0.1) is 0 Å². The van der Waals surface area contributed by atoms with Gasteiger partial charge in [-0.05, 0) is 61.4 Å². The summed E-state index contributed by atoms with van der Waals surface area (Å²) in [4.78, 5) is 25.7. The molecule has 142 valence electrons. The first-order valence-corrected chi connectivity index (χ1v) is 10.1. The summed E-state index contributed by atoms with van der Waals surface area (Å²) in [6, 6.07) is 12.0. The summed E-state index contributed by atoms with van der Waals surface area (Å²) in [6.45, 7) is 1.53. The number of rotatable bonds is 5. The topological polar surface area (TPSA) is 95.6 Å². The van der Waals surface area contributed by atoms with Crippen LogP contribution in [0.3, 0.4) is 0 Å². The highest BCUT2D eigenvalue weighted by Gasteiger charge is 2.20. The van der Waals surface area contributed by atoms with Gasteiger partial charge in [0.2, 0.25) is 0 Å². The van der Waals surface area contributed by atoms with Crippen molar-refractivity contribution in [2.24, 2.45) is 0 Å². The van der Waals surface area contributed by atoms with Gasteiger partial charge in [-0.15, -0.1) is 0 Å². The molecule has 8 heteroatoms. The highest BCUT2D eigenvalue weighted by atomic mass is 32.2. The Hall–Kier alpha value is -2.87. The van der Waals surface area contributed by atoms with Gasteiger partial charge in [0.1, 0.15) is 0 Å². The predicted molar refractivity (Wildman–Crippen MR) is 102 cm³/mol. The number of likely N-dealkylation sites (tertiary alicyclic amines) is 1. The average molecular weight is 387 g/mol. The van der Waals surface area contributed by atoms with Crippen LogP contribution in [0.1, 0.15) is 33.6 Å². The van der Waals surface area contributed by atoms with E-state index >= 15 is 0 Å². The normalized spacial score (nSPS) is 14.0. The number of sulfonamides is 1. The zero-order valence-electron chi connectivity index (χ0n) is 14.9. The smallest absolute Gasteiger partial charge is 0.261 e. The molecule has 0 radical (unpaired) electrons. The zero-order chi connectivity index (χ0) is 19.4. The second kappa shape index (κ2) is 7.79. The van der Waals surface area contributed by atoms with Gasteiger partial charge in [-0.2, -0.15) is 0 Å². The number of carbonyl (C=O) groups excluding carboxylic acids is 2. The van der Waals surface area contributed by atoms with E-state index < -0.39 is 10.0 Å². The molecule has 2 aromatic carbocycles. The minimum Gasteiger partial charge on any atom is -0.355 e. The fraction of sp³-hybridized carbons (Fsp3) is 0.263. The molecule has 27 heavy (non-hydrogen) atoms. The second-order valence-electron chi connectivity index (χ2n) is 6.29. The van der Waals surface area contributed by atoms with Crippen LogP contribution in [0.5, 0.6) is 0 Å². The van der Waals surface area contributed by atoms with E-state index in [2.05, 4.69) is 10.0 Å². The molecule has 0 aliphatic carbocycles. The quantitative estimate of drug-likeness (QED) is 0.821. The van der Waals surface area contributed by atoms with E-state index in [1.165, 1.54) is 31.3 Å². The van der Waals surface area contributed by atoms with E-state index in [-0.39, 0.29) is 16.7 Å². The fourth-order valence-corrected chi connectivity index (χ4v) is 3.99. The highest BCUT2D eigenvalue weighted by molar-refractivity contribution is 7.92. The molecule has 0 aromatic heterocycles. The van der Waals surface area contributed by atoms with Crippen molar-refractivity contribution < 1.29 is 18.0 Å². The third-order valence-electron chi connectivity index (χ3n) is 4.43. The highest BCUT2D eigenvalue weighted by Crippen LogP contribution is 2.19. The van der Waals surface area contributed by atoms with E-state index in [0.29, 0.717) is 16.8 Å². The van der Waals surface area contributed by atoms with Crippen molar-refractivity contribution in [1.82, 2.24) is 10.2 Å². The maximum absolute atomic E-state index is 12.5. The molecule has 1 aliphatic heterocycles. The number of hydrogen-bond acceptors (Lipinski definition) is 4. The molecule has 2 amide bonds. The van der Waals surface area contributed by atoms with E-state index in [4.69, 9.17) is 0 Å². The lowest BCUT2D eigenvalue weighted by molar-refractivity contribution is 0.0792. The van der Waals surface area contributed by atoms with Gasteiger partial charge in [0.05, 0.1) is 4.90 Å². The third-order valence-corrected chi connectivity index (χ3v) is 5.83. The van der Waals surface area contributed by atoms with Crippen LogP contribution in [0.4, 0.5) is 5.69 Å². The first kappa shape index (κ1) is 18.9. The molecule has 1 saturated heterocycles. The summed E-state index contributed by atoms with van der Waals surface area (Å²) in [5.74, 6) is -0.322. The number of nitrogens with one attached hydrogen (secondary N) is 2. The Morgan fingerprint density at radius 3 is 2.00 bits per heavy atom. The summed E-state index contributed by atoms with van der Waals surface area (Å²) in [5, 5.41) is 2.48. The molecule has 0 spiro atoms. The summed E-state index contributed by atoms with van der Waals surface area (Å²) in [6.07, 6.45) is 2.03. The van der Waals surface area contributed by atoms with Crippen molar-refractivity contribution in [3.63, 3.8) is 0 Å². The van der Waals surface area contributed by atoms with Crippen molar-refractivity contribution >= 4 is 27.5 Å². The van der Waals surface area contributed by atoms with Crippen LogP contribution in [0.2, 0.25) is 0 Å². The SMILES string of the molecule is CNC(=O)c1ccc(S(=O)(=O)Nc2ccc(C(=O)N3CCCC3)cc2)cc1. The summed E-state index contributed by atoms with van der Waals surface area (Å²) >= 11 is 0. The van der Waals surface area contributed by atoms with Crippen LogP contribution in [0.25, 0.3) is 0 Å². The van der Waals surface area contributed by atoms with Gasteiger partial charge in [-0.1, -0.05) is 0 Å². The summed E-state index contributed by atoms with van der Waals surface area (Å²) in [5.41, 5.74) is 1.28. The van der Waals surface area contributed by atoms with E-state index in [9.17, 15) is 18.0 Å². The molecular weight excluding hydrogens is 366 g/mol. The fourth-order valence-electron chi connectivity index (χ4n) is 2.93. The van der Waals surface area contributed by atoms with E-state index in [1.807, 2.05) is 0 Å². The largest absolute Gasteiger partial charge is 0.355 e. The van der Waals surface area contributed by atoms with Crippen molar-refractivity contribution in [3.05, 3.63) is 59.7 Å². The van der Waals surface area contributed by atoms with Crippen LogP contribution in [-0.4, -0.2) is 45.3 Å². The maximum atomic E-state index is 12.5. The van der Waals surface area contributed by atoms with Gasteiger partial charge >= 0.3 is 0 Å². The van der Waals surface area contributed by atoms with Crippen molar-refractivity contribution in [2.75, 3.05) is 24.9 Å². The number of carbonyl (C=O) groups is 2. The molecule has 2 aromatic rings. The Labute approximate surface area is 158 Å². The van der Waals surface area contributed by atoms with Crippen LogP contribution >= 0.6 is 0 Å². The average Bonchev–Trinajstić information content (AvgIpc) is 3.22. The lowest BCUT2D eigenvalue weighted by Gasteiger charge is -2.15.